The Morgan fingerprint density at radius 1 is 1.20 bits per heavy atom. The van der Waals surface area contributed by atoms with Gasteiger partial charge >= 0.3 is 5.97 Å². The van der Waals surface area contributed by atoms with Crippen LogP contribution in [0.1, 0.15) is 29.9 Å². The third kappa shape index (κ3) is 5.61. The first-order chi connectivity index (χ1) is 14.5. The van der Waals surface area contributed by atoms with Gasteiger partial charge in [0.05, 0.1) is 36.6 Å². The number of hydrogen-bond acceptors (Lipinski definition) is 6. The molecule has 0 saturated carbocycles. The van der Waals surface area contributed by atoms with Crippen molar-refractivity contribution in [3.05, 3.63) is 41.3 Å². The van der Waals surface area contributed by atoms with E-state index < -0.39 is 0 Å². The van der Waals surface area contributed by atoms with Crippen LogP contribution in [-0.2, 0) is 14.3 Å². The highest BCUT2D eigenvalue weighted by Gasteiger charge is 2.25. The van der Waals surface area contributed by atoms with Crippen LogP contribution >= 0.6 is 11.3 Å². The number of thiophene rings is 1. The fourth-order valence-corrected chi connectivity index (χ4v) is 4.71. The van der Waals surface area contributed by atoms with Crippen LogP contribution in [0.4, 0.5) is 5.00 Å². The standard InChI is InChI=1S/C23H30N2O4S/c1-17(2)16-25(10-9-21(26)28-3)22(27)20-15-19(18-7-5-4-6-8-18)23(30-20)24-11-13-29-14-12-24/h4-8,15,17H,9-14,16H2,1-3H3. The van der Waals surface area contributed by atoms with Gasteiger partial charge in [-0.1, -0.05) is 44.2 Å². The molecule has 1 saturated heterocycles. The Morgan fingerprint density at radius 3 is 2.53 bits per heavy atom. The van der Waals surface area contributed by atoms with Gasteiger partial charge in [0.2, 0.25) is 0 Å². The lowest BCUT2D eigenvalue weighted by molar-refractivity contribution is -0.140. The molecule has 2 aromatic rings. The first-order valence-electron chi connectivity index (χ1n) is 10.4. The summed E-state index contributed by atoms with van der Waals surface area (Å²) in [6.45, 7) is 8.10. The van der Waals surface area contributed by atoms with Crippen LogP contribution in [0, 0.1) is 5.92 Å². The Morgan fingerprint density at radius 2 is 1.90 bits per heavy atom. The highest BCUT2D eigenvalue weighted by molar-refractivity contribution is 7.18. The maximum Gasteiger partial charge on any atom is 0.307 e. The number of rotatable bonds is 8. The van der Waals surface area contributed by atoms with Gasteiger partial charge in [-0.15, -0.1) is 11.3 Å². The van der Waals surface area contributed by atoms with Crippen LogP contribution in [0.15, 0.2) is 36.4 Å². The third-order valence-corrected chi connectivity index (χ3v) is 6.18. The molecule has 3 rings (SSSR count). The van der Waals surface area contributed by atoms with E-state index in [0.29, 0.717) is 37.1 Å². The summed E-state index contributed by atoms with van der Waals surface area (Å²) in [5.41, 5.74) is 2.17. The lowest BCUT2D eigenvalue weighted by Gasteiger charge is -2.28. The molecule has 1 fully saturated rings. The molecule has 0 spiro atoms. The molecule has 2 heterocycles. The van der Waals surface area contributed by atoms with Crippen LogP contribution in [0.3, 0.4) is 0 Å². The van der Waals surface area contributed by atoms with E-state index in [4.69, 9.17) is 9.47 Å². The molecule has 162 valence electrons. The van der Waals surface area contributed by atoms with Crippen LogP contribution in [0.2, 0.25) is 0 Å². The Kier molecular flexibility index (Phi) is 7.87. The molecule has 30 heavy (non-hydrogen) atoms. The summed E-state index contributed by atoms with van der Waals surface area (Å²) in [4.78, 5) is 29.8. The van der Waals surface area contributed by atoms with Gasteiger partial charge in [0, 0.05) is 31.7 Å². The first kappa shape index (κ1) is 22.3. The maximum absolute atomic E-state index is 13.4. The second kappa shape index (κ2) is 10.6. The van der Waals surface area contributed by atoms with Gasteiger partial charge in [0.15, 0.2) is 0 Å². The van der Waals surface area contributed by atoms with Crippen molar-refractivity contribution in [2.45, 2.75) is 20.3 Å². The van der Waals surface area contributed by atoms with E-state index in [9.17, 15) is 9.59 Å². The predicted octanol–water partition coefficient (Wildman–Crippen LogP) is 3.91. The van der Waals surface area contributed by atoms with Gasteiger partial charge in [-0.3, -0.25) is 9.59 Å². The molecule has 1 aromatic heterocycles. The fraction of sp³-hybridized carbons (Fsp3) is 0.478. The molecular weight excluding hydrogens is 400 g/mol. The summed E-state index contributed by atoms with van der Waals surface area (Å²) in [6.07, 6.45) is 0.197. The van der Waals surface area contributed by atoms with Crippen molar-refractivity contribution in [3.63, 3.8) is 0 Å². The monoisotopic (exact) mass is 430 g/mol. The zero-order chi connectivity index (χ0) is 21.5. The number of hydrogen-bond donors (Lipinski definition) is 0. The summed E-state index contributed by atoms with van der Waals surface area (Å²) in [7, 11) is 1.37. The van der Waals surface area contributed by atoms with E-state index in [1.165, 1.54) is 18.4 Å². The summed E-state index contributed by atoms with van der Waals surface area (Å²) in [5, 5.41) is 1.10. The van der Waals surface area contributed by atoms with Crippen molar-refractivity contribution in [1.29, 1.82) is 0 Å². The van der Waals surface area contributed by atoms with E-state index in [0.717, 1.165) is 29.2 Å². The smallest absolute Gasteiger partial charge is 0.307 e. The zero-order valence-electron chi connectivity index (χ0n) is 17.9. The quantitative estimate of drug-likeness (QED) is 0.594. The molecule has 6 nitrogen and oxygen atoms in total. The highest BCUT2D eigenvalue weighted by atomic mass is 32.1. The minimum Gasteiger partial charge on any atom is -0.469 e. The van der Waals surface area contributed by atoms with Crippen LogP contribution < -0.4 is 4.90 Å². The van der Waals surface area contributed by atoms with Gasteiger partial charge in [-0.2, -0.15) is 0 Å². The summed E-state index contributed by atoms with van der Waals surface area (Å²) in [6, 6.07) is 12.2. The number of anilines is 1. The molecule has 7 heteroatoms. The van der Waals surface area contributed by atoms with E-state index >= 15 is 0 Å². The van der Waals surface area contributed by atoms with Gasteiger partial charge in [-0.05, 0) is 17.5 Å². The molecule has 1 aromatic carbocycles. The molecule has 0 N–H and O–H groups in total. The summed E-state index contributed by atoms with van der Waals surface area (Å²) >= 11 is 1.53. The third-order valence-electron chi connectivity index (χ3n) is 4.99. The van der Waals surface area contributed by atoms with Crippen LogP contribution in [-0.4, -0.2) is 63.3 Å². The minimum absolute atomic E-state index is 0.0331. The van der Waals surface area contributed by atoms with Gasteiger partial charge < -0.3 is 19.3 Å². The lowest BCUT2D eigenvalue weighted by Crippen LogP contribution is -2.36. The molecule has 1 amide bonds. The number of esters is 1. The van der Waals surface area contributed by atoms with Crippen molar-refractivity contribution in [2.24, 2.45) is 5.92 Å². The molecule has 0 atom stereocenters. The normalized spacial score (nSPS) is 14.1. The maximum atomic E-state index is 13.4. The molecule has 0 bridgehead atoms. The number of amides is 1. The van der Waals surface area contributed by atoms with Gasteiger partial charge in [-0.25, -0.2) is 0 Å². The topological polar surface area (TPSA) is 59.1 Å². The van der Waals surface area contributed by atoms with E-state index in [2.05, 4.69) is 30.9 Å². The predicted molar refractivity (Wildman–Crippen MR) is 120 cm³/mol. The Hall–Kier alpha value is -2.38. The Bertz CT molecular complexity index is 844. The van der Waals surface area contributed by atoms with Crippen LogP contribution in [0.5, 0.6) is 0 Å². The molecular formula is C23H30N2O4S. The first-order valence-corrected chi connectivity index (χ1v) is 11.2. The zero-order valence-corrected chi connectivity index (χ0v) is 18.7. The summed E-state index contributed by atoms with van der Waals surface area (Å²) < 4.78 is 10.3. The van der Waals surface area contributed by atoms with Crippen molar-refractivity contribution < 1.29 is 19.1 Å². The van der Waals surface area contributed by atoms with E-state index in [1.807, 2.05) is 24.3 Å². The number of carbonyl (C=O) groups is 2. The number of ether oxygens (including phenoxy) is 2. The second-order valence-electron chi connectivity index (χ2n) is 7.77. The van der Waals surface area contributed by atoms with Crippen molar-refractivity contribution in [1.82, 2.24) is 4.90 Å². The van der Waals surface area contributed by atoms with E-state index in [-0.39, 0.29) is 18.3 Å². The van der Waals surface area contributed by atoms with Crippen molar-refractivity contribution >= 4 is 28.2 Å². The Balaban J connectivity index is 1.91. The molecule has 0 aliphatic carbocycles. The fourth-order valence-electron chi connectivity index (χ4n) is 3.51. The van der Waals surface area contributed by atoms with Crippen molar-refractivity contribution in [3.8, 4) is 11.1 Å². The Labute approximate surface area is 182 Å². The SMILES string of the molecule is COC(=O)CCN(CC(C)C)C(=O)c1cc(-c2ccccc2)c(N2CCOCC2)s1. The second-order valence-corrected chi connectivity index (χ2v) is 8.80. The number of carbonyl (C=O) groups excluding carboxylic acids is 2. The van der Waals surface area contributed by atoms with E-state index in [1.54, 1.807) is 4.90 Å². The number of benzene rings is 1. The van der Waals surface area contributed by atoms with Crippen LogP contribution in [0.25, 0.3) is 11.1 Å². The molecule has 0 radical (unpaired) electrons. The lowest BCUT2D eigenvalue weighted by atomic mass is 10.1. The molecule has 1 aliphatic heterocycles. The number of methoxy groups -OCH3 is 1. The van der Waals surface area contributed by atoms with Gasteiger partial charge in [0.1, 0.15) is 0 Å². The van der Waals surface area contributed by atoms with Crippen molar-refractivity contribution in [2.75, 3.05) is 51.4 Å². The summed E-state index contributed by atoms with van der Waals surface area (Å²) in [5.74, 6) is -0.0325. The number of morpholine rings is 1. The number of nitrogens with zero attached hydrogens (tertiary/aromatic N) is 2. The van der Waals surface area contributed by atoms with Gasteiger partial charge in [0.25, 0.3) is 5.91 Å². The largest absolute Gasteiger partial charge is 0.469 e. The average molecular weight is 431 g/mol. The minimum atomic E-state index is -0.304. The highest BCUT2D eigenvalue weighted by Crippen LogP contribution is 2.40. The average Bonchev–Trinajstić information content (AvgIpc) is 3.22. The molecule has 0 unspecified atom stereocenters. The molecule has 1 aliphatic rings.